The first-order valence-electron chi connectivity index (χ1n) is 6.60. The van der Waals surface area contributed by atoms with E-state index in [4.69, 9.17) is 4.74 Å². The Morgan fingerprint density at radius 2 is 2.31 bits per heavy atom. The van der Waals surface area contributed by atoms with Gasteiger partial charge in [0.1, 0.15) is 0 Å². The normalized spacial score (nSPS) is 31.9. The van der Waals surface area contributed by atoms with Gasteiger partial charge in [-0.15, -0.1) is 0 Å². The highest BCUT2D eigenvalue weighted by Gasteiger charge is 2.40. The summed E-state index contributed by atoms with van der Waals surface area (Å²) in [6.45, 7) is 5.33. The van der Waals surface area contributed by atoms with Crippen molar-refractivity contribution in [2.24, 2.45) is 5.92 Å². The number of nitrogens with one attached hydrogen (secondary N) is 1. The topological polar surface area (TPSA) is 41.5 Å². The number of rotatable bonds is 7. The molecule has 1 saturated carbocycles. The number of ether oxygens (including phenoxy) is 1. The van der Waals surface area contributed by atoms with Crippen LogP contribution in [0.15, 0.2) is 0 Å². The molecule has 0 spiro atoms. The molecule has 1 rings (SSSR count). The molecule has 0 bridgehead atoms. The minimum Gasteiger partial charge on any atom is -0.394 e. The fourth-order valence-corrected chi connectivity index (χ4v) is 2.71. The molecule has 1 aliphatic rings. The molecule has 0 saturated heterocycles. The molecule has 3 nitrogen and oxygen atoms in total. The van der Waals surface area contributed by atoms with Gasteiger partial charge in [0.2, 0.25) is 0 Å². The Kier molecular flexibility index (Phi) is 5.73. The van der Waals surface area contributed by atoms with Gasteiger partial charge in [-0.1, -0.05) is 13.3 Å². The number of hydrogen-bond donors (Lipinski definition) is 2. The van der Waals surface area contributed by atoms with Crippen LogP contribution in [0.25, 0.3) is 0 Å². The summed E-state index contributed by atoms with van der Waals surface area (Å²) in [7, 11) is 1.96. The molecule has 16 heavy (non-hydrogen) atoms. The van der Waals surface area contributed by atoms with E-state index in [2.05, 4.69) is 19.2 Å². The molecule has 1 aliphatic carbocycles. The van der Waals surface area contributed by atoms with Crippen molar-refractivity contribution in [3.63, 3.8) is 0 Å². The van der Waals surface area contributed by atoms with E-state index in [9.17, 15) is 5.11 Å². The van der Waals surface area contributed by atoms with Crippen molar-refractivity contribution in [2.45, 2.75) is 57.6 Å². The third kappa shape index (κ3) is 3.19. The Labute approximate surface area is 99.6 Å². The van der Waals surface area contributed by atoms with Crippen molar-refractivity contribution in [3.05, 3.63) is 0 Å². The van der Waals surface area contributed by atoms with Crippen LogP contribution >= 0.6 is 0 Å². The average Bonchev–Trinajstić information content (AvgIpc) is 2.72. The van der Waals surface area contributed by atoms with Crippen LogP contribution in [0.3, 0.4) is 0 Å². The van der Waals surface area contributed by atoms with Gasteiger partial charge in [-0.25, -0.2) is 0 Å². The summed E-state index contributed by atoms with van der Waals surface area (Å²) in [5.41, 5.74) is -0.0428. The first kappa shape index (κ1) is 13.9. The molecule has 0 aliphatic heterocycles. The molecule has 3 heteroatoms. The molecule has 3 atom stereocenters. The maximum absolute atomic E-state index is 9.54. The summed E-state index contributed by atoms with van der Waals surface area (Å²) in [6, 6.07) is 0. The lowest BCUT2D eigenvalue weighted by Crippen LogP contribution is -2.49. The highest BCUT2D eigenvalue weighted by molar-refractivity contribution is 4.97. The minimum atomic E-state index is -0.0428. The van der Waals surface area contributed by atoms with E-state index in [1.54, 1.807) is 0 Å². The predicted octanol–water partition coefficient (Wildman–Crippen LogP) is 1.94. The van der Waals surface area contributed by atoms with Crippen molar-refractivity contribution in [1.29, 1.82) is 0 Å². The van der Waals surface area contributed by atoms with E-state index in [0.717, 1.165) is 25.9 Å². The van der Waals surface area contributed by atoms with Crippen LogP contribution in [-0.2, 0) is 4.74 Å². The third-order valence-corrected chi connectivity index (χ3v) is 4.18. The maximum atomic E-state index is 9.54. The van der Waals surface area contributed by atoms with Gasteiger partial charge < -0.3 is 15.2 Å². The number of likely N-dealkylation sites (N-methyl/N-ethyl adjacent to an activating group) is 1. The van der Waals surface area contributed by atoms with Gasteiger partial charge in [-0.3, -0.25) is 0 Å². The van der Waals surface area contributed by atoms with Gasteiger partial charge in [-0.05, 0) is 45.6 Å². The van der Waals surface area contributed by atoms with Crippen LogP contribution in [0.1, 0.15) is 46.0 Å². The first-order valence-corrected chi connectivity index (χ1v) is 6.60. The highest BCUT2D eigenvalue weighted by atomic mass is 16.5. The van der Waals surface area contributed by atoms with Crippen LogP contribution < -0.4 is 5.32 Å². The van der Waals surface area contributed by atoms with E-state index in [0.29, 0.717) is 12.0 Å². The van der Waals surface area contributed by atoms with Crippen LogP contribution in [0.4, 0.5) is 0 Å². The van der Waals surface area contributed by atoms with Gasteiger partial charge in [0.15, 0.2) is 0 Å². The van der Waals surface area contributed by atoms with Crippen LogP contribution in [0.2, 0.25) is 0 Å². The zero-order chi connectivity index (χ0) is 12.0. The summed E-state index contributed by atoms with van der Waals surface area (Å²) in [4.78, 5) is 0. The zero-order valence-corrected chi connectivity index (χ0v) is 11.0. The summed E-state index contributed by atoms with van der Waals surface area (Å²) in [5.74, 6) is 0.562. The van der Waals surface area contributed by atoms with Crippen molar-refractivity contribution in [1.82, 2.24) is 5.32 Å². The van der Waals surface area contributed by atoms with Crippen molar-refractivity contribution < 1.29 is 9.84 Å². The average molecular weight is 229 g/mol. The highest BCUT2D eigenvalue weighted by Crippen LogP contribution is 2.37. The minimum absolute atomic E-state index is 0.0428. The molecule has 0 aromatic carbocycles. The second-order valence-corrected chi connectivity index (χ2v) is 5.03. The fourth-order valence-electron chi connectivity index (χ4n) is 2.71. The fraction of sp³-hybridized carbons (Fsp3) is 1.00. The molecule has 0 heterocycles. The number of aliphatic hydroxyl groups excluding tert-OH is 1. The smallest absolute Gasteiger partial charge is 0.0615 e. The second-order valence-electron chi connectivity index (χ2n) is 5.03. The van der Waals surface area contributed by atoms with Crippen LogP contribution in [0.5, 0.6) is 0 Å². The summed E-state index contributed by atoms with van der Waals surface area (Å²) >= 11 is 0. The molecule has 0 radical (unpaired) electrons. The van der Waals surface area contributed by atoms with E-state index in [-0.39, 0.29) is 12.1 Å². The number of aliphatic hydroxyl groups is 1. The van der Waals surface area contributed by atoms with Gasteiger partial charge in [0.25, 0.3) is 0 Å². The summed E-state index contributed by atoms with van der Waals surface area (Å²) in [5, 5.41) is 12.9. The Morgan fingerprint density at radius 3 is 2.88 bits per heavy atom. The van der Waals surface area contributed by atoms with Crippen molar-refractivity contribution in [3.8, 4) is 0 Å². The monoisotopic (exact) mass is 229 g/mol. The Balaban J connectivity index is 2.35. The molecular formula is C13H27NO2. The standard InChI is InChI=1S/C13H27NO2/c1-4-11(2)16-9-7-12-6-5-8-13(12,10-15)14-3/h11-12,14-15H,4-10H2,1-3H3. The molecular weight excluding hydrogens is 202 g/mol. The zero-order valence-electron chi connectivity index (χ0n) is 11.0. The SMILES string of the molecule is CCC(C)OCCC1CCCC1(CO)NC. The number of hydrogen-bond acceptors (Lipinski definition) is 3. The molecule has 3 unspecified atom stereocenters. The summed E-state index contributed by atoms with van der Waals surface area (Å²) in [6.07, 6.45) is 6.02. The largest absolute Gasteiger partial charge is 0.394 e. The van der Waals surface area contributed by atoms with Crippen molar-refractivity contribution >= 4 is 0 Å². The maximum Gasteiger partial charge on any atom is 0.0615 e. The second kappa shape index (κ2) is 6.58. The van der Waals surface area contributed by atoms with E-state index < -0.39 is 0 Å². The lowest BCUT2D eigenvalue weighted by molar-refractivity contribution is 0.0398. The van der Waals surface area contributed by atoms with Gasteiger partial charge in [0, 0.05) is 12.1 Å². The van der Waals surface area contributed by atoms with E-state index in [1.165, 1.54) is 12.8 Å². The molecule has 0 aromatic heterocycles. The van der Waals surface area contributed by atoms with E-state index in [1.807, 2.05) is 7.05 Å². The Hall–Kier alpha value is -0.120. The van der Waals surface area contributed by atoms with Gasteiger partial charge in [0.05, 0.1) is 12.7 Å². The van der Waals surface area contributed by atoms with Gasteiger partial charge >= 0.3 is 0 Å². The van der Waals surface area contributed by atoms with Gasteiger partial charge in [-0.2, -0.15) is 0 Å². The lowest BCUT2D eigenvalue weighted by atomic mass is 9.86. The summed E-state index contributed by atoms with van der Waals surface area (Å²) < 4.78 is 5.73. The van der Waals surface area contributed by atoms with Crippen LogP contribution in [-0.4, -0.2) is 37.0 Å². The molecule has 2 N–H and O–H groups in total. The Morgan fingerprint density at radius 1 is 1.56 bits per heavy atom. The molecule has 96 valence electrons. The van der Waals surface area contributed by atoms with Crippen molar-refractivity contribution in [2.75, 3.05) is 20.3 Å². The predicted molar refractivity (Wildman–Crippen MR) is 66.5 cm³/mol. The van der Waals surface area contributed by atoms with E-state index >= 15 is 0 Å². The Bertz CT molecular complexity index is 192. The third-order valence-electron chi connectivity index (χ3n) is 4.18. The lowest BCUT2D eigenvalue weighted by Gasteiger charge is -2.33. The molecule has 0 amide bonds. The first-order chi connectivity index (χ1) is 7.68. The molecule has 0 aromatic rings. The van der Waals surface area contributed by atoms with Crippen LogP contribution in [0, 0.1) is 5.92 Å². The molecule has 1 fully saturated rings. The quantitative estimate of drug-likeness (QED) is 0.701.